The zero-order chi connectivity index (χ0) is 13.2. The summed E-state index contributed by atoms with van der Waals surface area (Å²) >= 11 is 6.11. The molecule has 0 unspecified atom stereocenters. The minimum atomic E-state index is 0.119. The van der Waals surface area contributed by atoms with E-state index in [1.165, 1.54) is 11.1 Å². The van der Waals surface area contributed by atoms with Crippen LogP contribution in [0.15, 0.2) is 48.5 Å². The van der Waals surface area contributed by atoms with Crippen molar-refractivity contribution in [2.75, 3.05) is 0 Å². The van der Waals surface area contributed by atoms with Crippen molar-refractivity contribution in [3.63, 3.8) is 0 Å². The van der Waals surface area contributed by atoms with Gasteiger partial charge >= 0.3 is 0 Å². The van der Waals surface area contributed by atoms with Crippen LogP contribution in [0.1, 0.15) is 16.7 Å². The van der Waals surface area contributed by atoms with E-state index in [1.807, 2.05) is 36.4 Å². The van der Waals surface area contributed by atoms with Crippen molar-refractivity contribution >= 4 is 17.4 Å². The monoisotopic (exact) mass is 270 g/mol. The van der Waals surface area contributed by atoms with Gasteiger partial charge in [-0.1, -0.05) is 54.1 Å². The molecule has 1 aliphatic rings. The van der Waals surface area contributed by atoms with Gasteiger partial charge < -0.3 is 0 Å². The first-order chi connectivity index (χ1) is 9.24. The Bertz CT molecular complexity index is 593. The zero-order valence-electron chi connectivity index (χ0n) is 10.6. The van der Waals surface area contributed by atoms with Crippen molar-refractivity contribution in [3.05, 3.63) is 70.2 Å². The minimum absolute atomic E-state index is 0.119. The van der Waals surface area contributed by atoms with Gasteiger partial charge in [-0.2, -0.15) is 0 Å². The second-order valence-corrected chi connectivity index (χ2v) is 5.52. The van der Waals surface area contributed by atoms with Gasteiger partial charge in [-0.25, -0.2) is 0 Å². The predicted molar refractivity (Wildman–Crippen MR) is 77.5 cm³/mol. The minimum Gasteiger partial charge on any atom is -0.299 e. The highest BCUT2D eigenvalue weighted by Crippen LogP contribution is 2.28. The van der Waals surface area contributed by atoms with Crippen molar-refractivity contribution in [2.24, 2.45) is 5.92 Å². The van der Waals surface area contributed by atoms with Gasteiger partial charge in [-0.05, 0) is 35.6 Å². The maximum atomic E-state index is 12.4. The van der Waals surface area contributed by atoms with Gasteiger partial charge in [0.2, 0.25) is 0 Å². The van der Waals surface area contributed by atoms with Crippen LogP contribution in [-0.2, 0) is 24.1 Å². The lowest BCUT2D eigenvalue weighted by molar-refractivity contribution is -0.121. The third kappa shape index (κ3) is 2.57. The Kier molecular flexibility index (Phi) is 3.39. The van der Waals surface area contributed by atoms with E-state index in [2.05, 4.69) is 12.1 Å². The van der Waals surface area contributed by atoms with Crippen LogP contribution in [0.3, 0.4) is 0 Å². The van der Waals surface area contributed by atoms with Crippen LogP contribution < -0.4 is 0 Å². The van der Waals surface area contributed by atoms with Crippen LogP contribution in [-0.4, -0.2) is 5.78 Å². The van der Waals surface area contributed by atoms with Gasteiger partial charge in [-0.3, -0.25) is 4.79 Å². The molecule has 96 valence electrons. The molecule has 3 rings (SSSR count). The summed E-state index contributed by atoms with van der Waals surface area (Å²) in [5.74, 6) is 0.415. The molecular formula is C17H15ClO. The Hall–Kier alpha value is -1.60. The number of rotatable bonds is 3. The van der Waals surface area contributed by atoms with E-state index in [4.69, 9.17) is 11.6 Å². The lowest BCUT2D eigenvalue weighted by Gasteiger charge is -2.09. The van der Waals surface area contributed by atoms with E-state index in [0.717, 1.165) is 18.4 Å². The summed E-state index contributed by atoms with van der Waals surface area (Å²) < 4.78 is 0. The average Bonchev–Trinajstić information content (AvgIpc) is 2.85. The number of carbonyl (C=O) groups is 1. The molecule has 0 saturated carbocycles. The molecule has 2 heteroatoms. The summed E-state index contributed by atoms with van der Waals surface area (Å²) in [6.07, 6.45) is 2.19. The molecule has 2 aromatic rings. The number of carbonyl (C=O) groups excluding carboxylic acids is 1. The maximum absolute atomic E-state index is 12.4. The molecule has 0 aliphatic heterocycles. The molecule has 0 heterocycles. The van der Waals surface area contributed by atoms with Gasteiger partial charge in [0.25, 0.3) is 0 Å². The standard InChI is InChI=1S/C17H15ClO/c18-16-8-4-3-7-14(16)11-17(19)15-9-12-5-1-2-6-13(12)10-15/h1-8,15H,9-11H2. The van der Waals surface area contributed by atoms with E-state index < -0.39 is 0 Å². The van der Waals surface area contributed by atoms with E-state index in [0.29, 0.717) is 17.2 Å². The number of Topliss-reactive ketones (excluding diaryl/α,β-unsaturated/α-hetero) is 1. The van der Waals surface area contributed by atoms with Crippen LogP contribution in [0.25, 0.3) is 0 Å². The third-order valence-electron chi connectivity index (χ3n) is 3.83. The number of hydrogen-bond donors (Lipinski definition) is 0. The fourth-order valence-corrected chi connectivity index (χ4v) is 2.96. The maximum Gasteiger partial charge on any atom is 0.141 e. The summed E-state index contributed by atoms with van der Waals surface area (Å²) in [6, 6.07) is 15.9. The van der Waals surface area contributed by atoms with Crippen LogP contribution >= 0.6 is 11.6 Å². The van der Waals surface area contributed by atoms with Gasteiger partial charge in [0.15, 0.2) is 0 Å². The second kappa shape index (κ2) is 5.18. The van der Waals surface area contributed by atoms with Crippen LogP contribution in [0.4, 0.5) is 0 Å². The normalized spacial score (nSPS) is 14.4. The first kappa shape index (κ1) is 12.4. The molecule has 0 N–H and O–H groups in total. The highest BCUT2D eigenvalue weighted by molar-refractivity contribution is 6.31. The molecule has 0 spiro atoms. The predicted octanol–water partition coefficient (Wildman–Crippen LogP) is 3.87. The number of halogens is 1. The number of benzene rings is 2. The molecule has 0 atom stereocenters. The third-order valence-corrected chi connectivity index (χ3v) is 4.20. The average molecular weight is 271 g/mol. The topological polar surface area (TPSA) is 17.1 Å². The Labute approximate surface area is 118 Å². The Balaban J connectivity index is 1.72. The lowest BCUT2D eigenvalue weighted by atomic mass is 9.95. The van der Waals surface area contributed by atoms with Crippen molar-refractivity contribution in [2.45, 2.75) is 19.3 Å². The van der Waals surface area contributed by atoms with E-state index in [-0.39, 0.29) is 5.92 Å². The molecule has 0 radical (unpaired) electrons. The summed E-state index contributed by atoms with van der Waals surface area (Å²) in [5.41, 5.74) is 3.57. The van der Waals surface area contributed by atoms with E-state index in [1.54, 1.807) is 0 Å². The van der Waals surface area contributed by atoms with Crippen LogP contribution in [0.5, 0.6) is 0 Å². The fraction of sp³-hybridized carbons (Fsp3) is 0.235. The first-order valence-electron chi connectivity index (χ1n) is 6.57. The molecule has 0 saturated heterocycles. The zero-order valence-corrected chi connectivity index (χ0v) is 11.4. The van der Waals surface area contributed by atoms with Crippen LogP contribution in [0, 0.1) is 5.92 Å². The van der Waals surface area contributed by atoms with E-state index in [9.17, 15) is 4.79 Å². The Morgan fingerprint density at radius 3 is 2.21 bits per heavy atom. The molecule has 2 aromatic carbocycles. The highest BCUT2D eigenvalue weighted by atomic mass is 35.5. The number of hydrogen-bond acceptors (Lipinski definition) is 1. The van der Waals surface area contributed by atoms with Gasteiger partial charge in [0.1, 0.15) is 5.78 Å². The van der Waals surface area contributed by atoms with Crippen molar-refractivity contribution in [1.82, 2.24) is 0 Å². The first-order valence-corrected chi connectivity index (χ1v) is 6.95. The SMILES string of the molecule is O=C(Cc1ccccc1Cl)C1Cc2ccccc2C1. The molecule has 0 bridgehead atoms. The highest BCUT2D eigenvalue weighted by Gasteiger charge is 2.27. The summed E-state index contributed by atoms with van der Waals surface area (Å²) in [4.78, 5) is 12.4. The molecule has 0 amide bonds. The van der Waals surface area contributed by atoms with Crippen molar-refractivity contribution in [3.8, 4) is 0 Å². The molecule has 19 heavy (non-hydrogen) atoms. The summed E-state index contributed by atoms with van der Waals surface area (Å²) in [6.45, 7) is 0. The van der Waals surface area contributed by atoms with Gasteiger partial charge in [0, 0.05) is 17.4 Å². The fourth-order valence-electron chi connectivity index (χ4n) is 2.76. The number of ketones is 1. The second-order valence-electron chi connectivity index (χ2n) is 5.11. The molecule has 1 aliphatic carbocycles. The molecule has 0 aromatic heterocycles. The summed E-state index contributed by atoms with van der Waals surface area (Å²) in [5, 5.41) is 0.686. The smallest absolute Gasteiger partial charge is 0.141 e. The molecule has 1 nitrogen and oxygen atoms in total. The van der Waals surface area contributed by atoms with Crippen LogP contribution in [0.2, 0.25) is 5.02 Å². The molecule has 0 fully saturated rings. The summed E-state index contributed by atoms with van der Waals surface area (Å²) in [7, 11) is 0. The lowest BCUT2D eigenvalue weighted by Crippen LogP contribution is -2.17. The van der Waals surface area contributed by atoms with Gasteiger partial charge in [0.05, 0.1) is 0 Å². The Morgan fingerprint density at radius 1 is 1.00 bits per heavy atom. The number of fused-ring (bicyclic) bond motifs is 1. The van der Waals surface area contributed by atoms with E-state index >= 15 is 0 Å². The Morgan fingerprint density at radius 2 is 1.58 bits per heavy atom. The molecular weight excluding hydrogens is 256 g/mol. The largest absolute Gasteiger partial charge is 0.299 e. The van der Waals surface area contributed by atoms with Crippen molar-refractivity contribution in [1.29, 1.82) is 0 Å². The quantitative estimate of drug-likeness (QED) is 0.828. The van der Waals surface area contributed by atoms with Gasteiger partial charge in [-0.15, -0.1) is 0 Å². The van der Waals surface area contributed by atoms with Crippen molar-refractivity contribution < 1.29 is 4.79 Å².